The van der Waals surface area contributed by atoms with Gasteiger partial charge >= 0.3 is 0 Å². The van der Waals surface area contributed by atoms with Crippen molar-refractivity contribution in [1.82, 2.24) is 0 Å². The molecule has 1 aromatic carbocycles. The highest BCUT2D eigenvalue weighted by atomic mass is 35.5. The molecule has 0 atom stereocenters. The van der Waals surface area contributed by atoms with Gasteiger partial charge in [-0.05, 0) is 55.5 Å². The lowest BCUT2D eigenvalue weighted by atomic mass is 10.2. The minimum absolute atomic E-state index is 0.0373. The van der Waals surface area contributed by atoms with Crippen LogP contribution < -0.4 is 5.32 Å². The van der Waals surface area contributed by atoms with E-state index in [1.807, 2.05) is 31.2 Å². The highest BCUT2D eigenvalue weighted by Crippen LogP contribution is 2.31. The number of aryl methyl sites for hydroxylation is 2. The quantitative estimate of drug-likeness (QED) is 0.870. The molecule has 2 nitrogen and oxygen atoms in total. The van der Waals surface area contributed by atoms with E-state index in [1.54, 1.807) is 11.3 Å². The number of benzene rings is 1. The predicted octanol–water partition coefficient (Wildman–Crippen LogP) is 4.45. The zero-order valence-electron chi connectivity index (χ0n) is 10.6. The van der Waals surface area contributed by atoms with Gasteiger partial charge in [-0.3, -0.25) is 4.79 Å². The van der Waals surface area contributed by atoms with Crippen LogP contribution in [0.1, 0.15) is 32.1 Å². The number of hydrogen-bond acceptors (Lipinski definition) is 2. The van der Waals surface area contributed by atoms with Crippen molar-refractivity contribution < 1.29 is 4.79 Å². The minimum atomic E-state index is -0.0373. The third kappa shape index (κ3) is 2.40. The topological polar surface area (TPSA) is 29.1 Å². The van der Waals surface area contributed by atoms with E-state index in [2.05, 4.69) is 5.32 Å². The lowest BCUT2D eigenvalue weighted by Crippen LogP contribution is -2.11. The molecule has 4 heteroatoms. The monoisotopic (exact) mass is 291 g/mol. The number of fused-ring (bicyclic) bond motifs is 1. The van der Waals surface area contributed by atoms with E-state index < -0.39 is 0 Å². The summed E-state index contributed by atoms with van der Waals surface area (Å²) in [4.78, 5) is 14.4. The van der Waals surface area contributed by atoms with Crippen LogP contribution in [0.4, 0.5) is 5.69 Å². The zero-order valence-corrected chi connectivity index (χ0v) is 12.2. The maximum Gasteiger partial charge on any atom is 0.265 e. The van der Waals surface area contributed by atoms with Crippen molar-refractivity contribution in [2.24, 2.45) is 0 Å². The minimum Gasteiger partial charge on any atom is -0.321 e. The van der Waals surface area contributed by atoms with Crippen LogP contribution in [0.5, 0.6) is 0 Å². The van der Waals surface area contributed by atoms with Gasteiger partial charge in [0.1, 0.15) is 0 Å². The molecule has 0 unspecified atom stereocenters. The summed E-state index contributed by atoms with van der Waals surface area (Å²) in [6, 6.07) is 7.58. The Morgan fingerprint density at radius 2 is 2.21 bits per heavy atom. The Kier molecular flexibility index (Phi) is 3.33. The average molecular weight is 292 g/mol. The standard InChI is InChI=1S/C15H14ClNOS/c1-9-11(16)5-3-6-12(9)17-15(18)14-8-10-4-2-7-13(10)19-14/h3,5-6,8H,2,4,7H2,1H3,(H,17,18). The predicted molar refractivity (Wildman–Crippen MR) is 80.5 cm³/mol. The van der Waals surface area contributed by atoms with Crippen molar-refractivity contribution in [1.29, 1.82) is 0 Å². The molecule has 0 saturated heterocycles. The molecule has 0 fully saturated rings. The molecular formula is C15H14ClNOS. The maximum absolute atomic E-state index is 12.2. The van der Waals surface area contributed by atoms with Crippen molar-refractivity contribution in [3.8, 4) is 0 Å². The van der Waals surface area contributed by atoms with E-state index in [0.29, 0.717) is 5.02 Å². The molecule has 1 N–H and O–H groups in total. The van der Waals surface area contributed by atoms with Gasteiger partial charge < -0.3 is 5.32 Å². The maximum atomic E-state index is 12.2. The Morgan fingerprint density at radius 1 is 1.37 bits per heavy atom. The number of thiophene rings is 1. The second-order valence-electron chi connectivity index (χ2n) is 4.78. The van der Waals surface area contributed by atoms with Crippen LogP contribution >= 0.6 is 22.9 Å². The second-order valence-corrected chi connectivity index (χ2v) is 6.32. The fourth-order valence-electron chi connectivity index (χ4n) is 2.37. The molecule has 98 valence electrons. The van der Waals surface area contributed by atoms with Crippen LogP contribution in [0.3, 0.4) is 0 Å². The molecule has 0 spiro atoms. The average Bonchev–Trinajstić information content (AvgIpc) is 2.95. The summed E-state index contributed by atoms with van der Waals surface area (Å²) in [6.45, 7) is 1.91. The summed E-state index contributed by atoms with van der Waals surface area (Å²) in [5.41, 5.74) is 3.03. The SMILES string of the molecule is Cc1c(Cl)cccc1NC(=O)c1cc2c(s1)CCC2. The number of anilines is 1. The number of carbonyl (C=O) groups is 1. The highest BCUT2D eigenvalue weighted by molar-refractivity contribution is 7.14. The summed E-state index contributed by atoms with van der Waals surface area (Å²) in [5, 5.41) is 3.62. The van der Waals surface area contributed by atoms with Gasteiger partial charge in [0.15, 0.2) is 0 Å². The molecule has 0 bridgehead atoms. The Labute approximate surface area is 121 Å². The molecule has 1 aromatic heterocycles. The van der Waals surface area contributed by atoms with Crippen molar-refractivity contribution in [3.63, 3.8) is 0 Å². The first-order chi connectivity index (χ1) is 9.15. The fourth-order valence-corrected chi connectivity index (χ4v) is 3.69. The lowest BCUT2D eigenvalue weighted by molar-refractivity contribution is 0.103. The number of amides is 1. The second kappa shape index (κ2) is 4.99. The van der Waals surface area contributed by atoms with E-state index >= 15 is 0 Å². The van der Waals surface area contributed by atoms with Crippen LogP contribution in [0.25, 0.3) is 0 Å². The van der Waals surface area contributed by atoms with Crippen LogP contribution in [0, 0.1) is 6.92 Å². The first-order valence-electron chi connectivity index (χ1n) is 6.33. The lowest BCUT2D eigenvalue weighted by Gasteiger charge is -2.08. The molecule has 2 aromatic rings. The van der Waals surface area contributed by atoms with Crippen molar-refractivity contribution >= 4 is 34.5 Å². The van der Waals surface area contributed by atoms with E-state index in [-0.39, 0.29) is 5.91 Å². The first kappa shape index (κ1) is 12.7. The third-order valence-electron chi connectivity index (χ3n) is 3.49. The molecule has 1 aliphatic rings. The van der Waals surface area contributed by atoms with Crippen molar-refractivity contribution in [2.45, 2.75) is 26.2 Å². The summed E-state index contributed by atoms with van der Waals surface area (Å²) < 4.78 is 0. The van der Waals surface area contributed by atoms with Gasteiger partial charge in [0, 0.05) is 15.6 Å². The number of halogens is 1. The number of rotatable bonds is 2. The van der Waals surface area contributed by atoms with Crippen LogP contribution in [-0.4, -0.2) is 5.91 Å². The van der Waals surface area contributed by atoms with E-state index in [0.717, 1.165) is 29.0 Å². The first-order valence-corrected chi connectivity index (χ1v) is 7.52. The highest BCUT2D eigenvalue weighted by Gasteiger charge is 2.18. The van der Waals surface area contributed by atoms with Crippen LogP contribution in [-0.2, 0) is 12.8 Å². The molecule has 0 saturated carbocycles. The van der Waals surface area contributed by atoms with Gasteiger partial charge in [-0.1, -0.05) is 17.7 Å². The van der Waals surface area contributed by atoms with E-state index in [9.17, 15) is 4.79 Å². The molecule has 19 heavy (non-hydrogen) atoms. The summed E-state index contributed by atoms with van der Waals surface area (Å²) in [7, 11) is 0. The van der Waals surface area contributed by atoms with Crippen molar-refractivity contribution in [3.05, 3.63) is 50.2 Å². The molecule has 0 aliphatic heterocycles. The Bertz CT molecular complexity index is 626. The molecule has 1 aliphatic carbocycles. The van der Waals surface area contributed by atoms with Crippen LogP contribution in [0.15, 0.2) is 24.3 Å². The summed E-state index contributed by atoms with van der Waals surface area (Å²) in [6.07, 6.45) is 3.44. The largest absolute Gasteiger partial charge is 0.321 e. The summed E-state index contributed by atoms with van der Waals surface area (Å²) >= 11 is 7.67. The Hall–Kier alpha value is -1.32. The van der Waals surface area contributed by atoms with E-state index in [1.165, 1.54) is 16.9 Å². The molecule has 1 heterocycles. The van der Waals surface area contributed by atoms with Gasteiger partial charge in [0.05, 0.1) is 4.88 Å². The Morgan fingerprint density at radius 3 is 3.00 bits per heavy atom. The molecule has 0 radical (unpaired) electrons. The van der Waals surface area contributed by atoms with Gasteiger partial charge in [0.25, 0.3) is 5.91 Å². The number of hydrogen-bond donors (Lipinski definition) is 1. The summed E-state index contributed by atoms with van der Waals surface area (Å²) in [5.74, 6) is -0.0373. The smallest absolute Gasteiger partial charge is 0.265 e. The molecular weight excluding hydrogens is 278 g/mol. The van der Waals surface area contributed by atoms with Gasteiger partial charge in [-0.25, -0.2) is 0 Å². The zero-order chi connectivity index (χ0) is 13.4. The Balaban J connectivity index is 1.82. The third-order valence-corrected chi connectivity index (χ3v) is 5.13. The molecule has 1 amide bonds. The van der Waals surface area contributed by atoms with E-state index in [4.69, 9.17) is 11.6 Å². The fraction of sp³-hybridized carbons (Fsp3) is 0.267. The van der Waals surface area contributed by atoms with Crippen molar-refractivity contribution in [2.75, 3.05) is 5.32 Å². The van der Waals surface area contributed by atoms with Gasteiger partial charge in [0.2, 0.25) is 0 Å². The van der Waals surface area contributed by atoms with Gasteiger partial charge in [-0.2, -0.15) is 0 Å². The molecule has 3 rings (SSSR count). The number of nitrogens with one attached hydrogen (secondary N) is 1. The van der Waals surface area contributed by atoms with Gasteiger partial charge in [-0.15, -0.1) is 11.3 Å². The van der Waals surface area contributed by atoms with Crippen LogP contribution in [0.2, 0.25) is 5.02 Å². The number of carbonyl (C=O) groups excluding carboxylic acids is 1. The normalized spacial score (nSPS) is 13.4.